The van der Waals surface area contributed by atoms with Gasteiger partial charge in [0.25, 0.3) is 0 Å². The first-order valence-electron chi connectivity index (χ1n) is 4.71. The smallest absolute Gasteiger partial charge is 0.347 e. The van der Waals surface area contributed by atoms with Crippen molar-refractivity contribution in [3.8, 4) is 0 Å². The number of hydrogen-bond acceptors (Lipinski definition) is 3. The predicted octanol–water partition coefficient (Wildman–Crippen LogP) is 0.0786. The Morgan fingerprint density at radius 2 is 2.15 bits per heavy atom. The molecule has 0 unspecified atom stereocenters. The van der Waals surface area contributed by atoms with Crippen molar-refractivity contribution in [1.82, 2.24) is 9.97 Å². The first-order valence-corrected chi connectivity index (χ1v) is 4.71. The van der Waals surface area contributed by atoms with Gasteiger partial charge in [0, 0.05) is 24.3 Å². The Hall–Kier alpha value is -1.32. The third kappa shape index (κ3) is 1.05. The van der Waals surface area contributed by atoms with Crippen molar-refractivity contribution >= 4 is 5.82 Å². The lowest BCUT2D eigenvalue weighted by molar-refractivity contribution is 0.895. The summed E-state index contributed by atoms with van der Waals surface area (Å²) in [6.45, 7) is 2.12. The molecule has 2 aliphatic rings. The predicted molar refractivity (Wildman–Crippen MR) is 49.1 cm³/mol. The molecule has 1 aliphatic heterocycles. The summed E-state index contributed by atoms with van der Waals surface area (Å²) in [6, 6.07) is 0. The Labute approximate surface area is 75.6 Å². The molecule has 0 atom stereocenters. The molecule has 4 nitrogen and oxygen atoms in total. The fourth-order valence-electron chi connectivity index (χ4n) is 1.97. The molecule has 1 aliphatic carbocycles. The molecule has 1 aromatic heterocycles. The highest BCUT2D eigenvalue weighted by Crippen LogP contribution is 2.29. The van der Waals surface area contributed by atoms with Gasteiger partial charge in [-0.3, -0.25) is 0 Å². The summed E-state index contributed by atoms with van der Waals surface area (Å²) in [4.78, 5) is 20.2. The summed E-state index contributed by atoms with van der Waals surface area (Å²) in [7, 11) is 0. The fourth-order valence-corrected chi connectivity index (χ4v) is 1.97. The molecule has 0 aromatic carbocycles. The Morgan fingerprint density at radius 3 is 2.92 bits per heavy atom. The van der Waals surface area contributed by atoms with Crippen LogP contribution in [0.15, 0.2) is 4.79 Å². The van der Waals surface area contributed by atoms with Crippen LogP contribution in [0.2, 0.25) is 0 Å². The average molecular weight is 177 g/mol. The lowest BCUT2D eigenvalue weighted by atomic mass is 10.2. The van der Waals surface area contributed by atoms with E-state index < -0.39 is 0 Å². The highest BCUT2D eigenvalue weighted by atomic mass is 16.1. The summed E-state index contributed by atoms with van der Waals surface area (Å²) >= 11 is 0. The molecule has 68 valence electrons. The van der Waals surface area contributed by atoms with Crippen molar-refractivity contribution in [1.29, 1.82) is 0 Å². The van der Waals surface area contributed by atoms with Crippen molar-refractivity contribution < 1.29 is 0 Å². The van der Waals surface area contributed by atoms with E-state index in [1.54, 1.807) is 0 Å². The number of rotatable bonds is 1. The second-order valence-electron chi connectivity index (χ2n) is 3.66. The van der Waals surface area contributed by atoms with Crippen LogP contribution in [-0.2, 0) is 12.8 Å². The van der Waals surface area contributed by atoms with Crippen LogP contribution in [0.4, 0.5) is 5.82 Å². The van der Waals surface area contributed by atoms with Gasteiger partial charge in [-0.15, -0.1) is 0 Å². The van der Waals surface area contributed by atoms with Gasteiger partial charge in [-0.05, 0) is 19.3 Å². The number of aromatic amines is 1. The van der Waals surface area contributed by atoms with E-state index in [2.05, 4.69) is 14.9 Å². The largest absolute Gasteiger partial charge is 0.353 e. The average Bonchev–Trinajstić information content (AvgIpc) is 2.84. The van der Waals surface area contributed by atoms with Crippen LogP contribution in [0.3, 0.4) is 0 Å². The summed E-state index contributed by atoms with van der Waals surface area (Å²) in [5.41, 5.74) is 2.20. The Kier molecular flexibility index (Phi) is 1.28. The van der Waals surface area contributed by atoms with E-state index in [0.29, 0.717) is 0 Å². The summed E-state index contributed by atoms with van der Waals surface area (Å²) < 4.78 is 0. The maximum absolute atomic E-state index is 11.2. The number of nitrogens with zero attached hydrogens (tertiary/aromatic N) is 2. The first-order chi connectivity index (χ1) is 6.34. The number of aryl methyl sites for hydroxylation is 1. The zero-order valence-corrected chi connectivity index (χ0v) is 7.34. The van der Waals surface area contributed by atoms with Gasteiger partial charge in [0.05, 0.1) is 0 Å². The minimum Gasteiger partial charge on any atom is -0.353 e. The van der Waals surface area contributed by atoms with Crippen molar-refractivity contribution in [3.63, 3.8) is 0 Å². The highest BCUT2D eigenvalue weighted by molar-refractivity contribution is 5.54. The number of fused-ring (bicyclic) bond motifs is 1. The molecule has 4 heteroatoms. The van der Waals surface area contributed by atoms with Gasteiger partial charge >= 0.3 is 5.69 Å². The molecule has 1 fully saturated rings. The maximum Gasteiger partial charge on any atom is 0.347 e. The lowest BCUT2D eigenvalue weighted by Gasteiger charge is -2.06. The van der Waals surface area contributed by atoms with Crippen molar-refractivity contribution in [2.24, 2.45) is 0 Å². The van der Waals surface area contributed by atoms with Crippen LogP contribution in [-0.4, -0.2) is 23.1 Å². The van der Waals surface area contributed by atoms with Gasteiger partial charge in [0.2, 0.25) is 0 Å². The second kappa shape index (κ2) is 2.34. The molecule has 13 heavy (non-hydrogen) atoms. The van der Waals surface area contributed by atoms with Crippen LogP contribution in [0.25, 0.3) is 0 Å². The van der Waals surface area contributed by atoms with Crippen LogP contribution < -0.4 is 10.6 Å². The van der Waals surface area contributed by atoms with Crippen molar-refractivity contribution in [3.05, 3.63) is 21.7 Å². The molecule has 0 amide bonds. The Bertz CT molecular complexity index is 406. The maximum atomic E-state index is 11.2. The summed E-state index contributed by atoms with van der Waals surface area (Å²) in [6.07, 6.45) is 3.23. The van der Waals surface area contributed by atoms with E-state index in [0.717, 1.165) is 43.9 Å². The molecule has 0 bridgehead atoms. The third-order valence-corrected chi connectivity index (χ3v) is 2.70. The monoisotopic (exact) mass is 177 g/mol. The SMILES string of the molecule is O=c1nc(N2CC2)c2c([nH]1)CCC2. The zero-order valence-electron chi connectivity index (χ0n) is 7.34. The standard InChI is InChI=1S/C9H11N3O/c13-9-10-7-3-1-2-6(7)8(11-9)12-4-5-12/h1-5H2,(H,10,11,13). The first kappa shape index (κ1) is 7.12. The van der Waals surface area contributed by atoms with E-state index in [1.165, 1.54) is 5.56 Å². The molecule has 1 saturated heterocycles. The van der Waals surface area contributed by atoms with Gasteiger partial charge in [-0.2, -0.15) is 4.98 Å². The van der Waals surface area contributed by atoms with E-state index in [-0.39, 0.29) is 5.69 Å². The van der Waals surface area contributed by atoms with Crippen molar-refractivity contribution in [2.75, 3.05) is 18.0 Å². The molecule has 3 rings (SSSR count). The Morgan fingerprint density at radius 1 is 1.31 bits per heavy atom. The molecule has 0 spiro atoms. The number of anilines is 1. The molecule has 0 radical (unpaired) electrons. The molecule has 2 heterocycles. The minimum atomic E-state index is -0.192. The van der Waals surface area contributed by atoms with Gasteiger partial charge in [-0.25, -0.2) is 4.79 Å². The van der Waals surface area contributed by atoms with Crippen molar-refractivity contribution in [2.45, 2.75) is 19.3 Å². The second-order valence-corrected chi connectivity index (χ2v) is 3.66. The van der Waals surface area contributed by atoms with Gasteiger partial charge in [0.15, 0.2) is 0 Å². The number of aromatic nitrogens is 2. The van der Waals surface area contributed by atoms with Gasteiger partial charge in [0.1, 0.15) is 5.82 Å². The van der Waals surface area contributed by atoms with E-state index >= 15 is 0 Å². The Balaban J connectivity index is 2.21. The van der Waals surface area contributed by atoms with Gasteiger partial charge < -0.3 is 9.88 Å². The molecule has 1 N–H and O–H groups in total. The number of hydrogen-bond donors (Lipinski definition) is 1. The normalized spacial score (nSPS) is 18.9. The molecular formula is C9H11N3O. The van der Waals surface area contributed by atoms with E-state index in [1.807, 2.05) is 0 Å². The lowest BCUT2D eigenvalue weighted by Crippen LogP contribution is -2.16. The fraction of sp³-hybridized carbons (Fsp3) is 0.556. The number of nitrogens with one attached hydrogen (secondary N) is 1. The van der Waals surface area contributed by atoms with E-state index in [9.17, 15) is 4.79 Å². The minimum absolute atomic E-state index is 0.192. The summed E-state index contributed by atoms with van der Waals surface area (Å²) in [5, 5.41) is 0. The topological polar surface area (TPSA) is 48.8 Å². The van der Waals surface area contributed by atoms with Crippen LogP contribution in [0.1, 0.15) is 17.7 Å². The number of H-pyrrole nitrogens is 1. The van der Waals surface area contributed by atoms with Crippen LogP contribution in [0, 0.1) is 0 Å². The van der Waals surface area contributed by atoms with Gasteiger partial charge in [-0.1, -0.05) is 0 Å². The van der Waals surface area contributed by atoms with E-state index in [4.69, 9.17) is 0 Å². The third-order valence-electron chi connectivity index (χ3n) is 2.70. The molecule has 1 aromatic rings. The van der Waals surface area contributed by atoms with Crippen LogP contribution in [0.5, 0.6) is 0 Å². The van der Waals surface area contributed by atoms with Crippen LogP contribution >= 0.6 is 0 Å². The summed E-state index contributed by atoms with van der Waals surface area (Å²) in [5.74, 6) is 0.941. The molecule has 0 saturated carbocycles. The molecular weight excluding hydrogens is 166 g/mol. The quantitative estimate of drug-likeness (QED) is 0.618. The highest BCUT2D eigenvalue weighted by Gasteiger charge is 2.26. The zero-order chi connectivity index (χ0) is 8.84.